The van der Waals surface area contributed by atoms with E-state index in [-0.39, 0.29) is 12.8 Å². The summed E-state index contributed by atoms with van der Waals surface area (Å²) in [4.78, 5) is 12.7. The van der Waals surface area contributed by atoms with Crippen molar-refractivity contribution in [1.82, 2.24) is 0 Å². The van der Waals surface area contributed by atoms with Gasteiger partial charge in [-0.15, -0.1) is 0 Å². The van der Waals surface area contributed by atoms with Gasteiger partial charge in [0.05, 0.1) is 5.25 Å². The van der Waals surface area contributed by atoms with Crippen molar-refractivity contribution in [2.24, 2.45) is 0 Å². The average molecular weight is 433 g/mol. The van der Waals surface area contributed by atoms with E-state index in [1.165, 1.54) is 0 Å². The fourth-order valence-electron chi connectivity index (χ4n) is 3.51. The van der Waals surface area contributed by atoms with Gasteiger partial charge in [-0.25, -0.2) is 21.6 Å². The molecule has 1 unspecified atom stereocenters. The number of ether oxygens (including phenoxy) is 1. The van der Waals surface area contributed by atoms with Crippen LogP contribution in [0.3, 0.4) is 0 Å². The Kier molecular flexibility index (Phi) is 6.11. The first-order chi connectivity index (χ1) is 11.8. The molecule has 0 radical (unpaired) electrons. The number of carbonyl (C=O) groups is 1. The van der Waals surface area contributed by atoms with Crippen LogP contribution in [0.5, 0.6) is 0 Å². The number of sulfone groups is 2. The van der Waals surface area contributed by atoms with E-state index in [0.717, 1.165) is 12.8 Å². The van der Waals surface area contributed by atoms with Crippen LogP contribution in [0.1, 0.15) is 58.3 Å². The largest absolute Gasteiger partial charge is 0.460 e. The van der Waals surface area contributed by atoms with Crippen molar-refractivity contribution in [2.75, 3.05) is 5.08 Å². The quantitative estimate of drug-likeness (QED) is 0.455. The highest BCUT2D eigenvalue weighted by atomic mass is 32.3. The third-order valence-electron chi connectivity index (χ3n) is 5.13. The molecule has 0 aromatic carbocycles. The lowest BCUT2D eigenvalue weighted by Gasteiger charge is -2.30. The summed E-state index contributed by atoms with van der Waals surface area (Å²) in [7, 11) is -14.8. The van der Waals surface area contributed by atoms with Crippen molar-refractivity contribution < 1.29 is 39.3 Å². The second-order valence-corrected chi connectivity index (χ2v) is 14.0. The van der Waals surface area contributed by atoms with E-state index >= 15 is 0 Å². The summed E-state index contributed by atoms with van der Waals surface area (Å²) in [6.07, 6.45) is 3.43. The fraction of sp³-hybridized carbons (Fsp3) is 0.929. The number of hydrogen-bond donors (Lipinski definition) is 1. The summed E-state index contributed by atoms with van der Waals surface area (Å²) in [5, 5.41) is -2.93. The molecule has 0 spiro atoms. The molecule has 9 nitrogen and oxygen atoms in total. The van der Waals surface area contributed by atoms with Crippen LogP contribution in [-0.2, 0) is 39.3 Å². The molecule has 0 aliphatic heterocycles. The number of esters is 1. The van der Waals surface area contributed by atoms with Crippen molar-refractivity contribution >= 4 is 35.8 Å². The molecule has 0 aromatic rings. The van der Waals surface area contributed by atoms with Gasteiger partial charge in [-0.05, 0) is 45.4 Å². The summed E-state index contributed by atoms with van der Waals surface area (Å²) in [6.45, 7) is 0.679. The van der Waals surface area contributed by atoms with Gasteiger partial charge in [-0.3, -0.25) is 4.55 Å². The molecule has 0 saturated heterocycles. The highest BCUT2D eigenvalue weighted by Crippen LogP contribution is 2.38. The van der Waals surface area contributed by atoms with Crippen LogP contribution in [0.15, 0.2) is 0 Å². The Morgan fingerprint density at radius 1 is 0.962 bits per heavy atom. The van der Waals surface area contributed by atoms with Crippen molar-refractivity contribution in [3.05, 3.63) is 0 Å². The van der Waals surface area contributed by atoms with Gasteiger partial charge in [0.25, 0.3) is 14.2 Å². The standard InChI is InChI=1S/C14H24O9S3/c1-14(24(16,17)10-25(18,19)20,13(15)23-11-6-2-3-7-11)26(21,22)12-8-4-5-9-12/h11-12H,2-10H2,1H3,(H,18,19,20). The molecule has 152 valence electrons. The molecule has 0 bridgehead atoms. The molecule has 2 fully saturated rings. The molecule has 1 N–H and O–H groups in total. The molecule has 2 aliphatic carbocycles. The van der Waals surface area contributed by atoms with E-state index < -0.39 is 56.3 Å². The summed E-state index contributed by atoms with van der Waals surface area (Å²) < 4.78 is 84.7. The van der Waals surface area contributed by atoms with E-state index in [2.05, 4.69) is 0 Å². The minimum atomic E-state index is -5.12. The van der Waals surface area contributed by atoms with Gasteiger partial charge in [0.15, 0.2) is 24.8 Å². The first-order valence-corrected chi connectivity index (χ1v) is 13.2. The highest BCUT2D eigenvalue weighted by Gasteiger charge is 2.62. The third kappa shape index (κ3) is 4.07. The van der Waals surface area contributed by atoms with Gasteiger partial charge in [0, 0.05) is 0 Å². The predicted octanol–water partition coefficient (Wildman–Crippen LogP) is 0.806. The van der Waals surface area contributed by atoms with E-state index in [1.807, 2.05) is 0 Å². The minimum absolute atomic E-state index is 0.191. The van der Waals surface area contributed by atoms with Gasteiger partial charge in [-0.1, -0.05) is 12.8 Å². The van der Waals surface area contributed by atoms with E-state index in [0.29, 0.717) is 32.6 Å². The zero-order valence-corrected chi connectivity index (χ0v) is 16.9. The summed E-state index contributed by atoms with van der Waals surface area (Å²) in [5.41, 5.74) is 0. The molecule has 0 heterocycles. The van der Waals surface area contributed by atoms with Crippen molar-refractivity contribution in [1.29, 1.82) is 0 Å². The zero-order valence-electron chi connectivity index (χ0n) is 14.5. The van der Waals surface area contributed by atoms with Crippen LogP contribution in [0.25, 0.3) is 0 Å². The maximum absolute atomic E-state index is 13.0. The molecule has 0 aromatic heterocycles. The highest BCUT2D eigenvalue weighted by molar-refractivity contribution is 8.16. The van der Waals surface area contributed by atoms with Gasteiger partial charge in [0.1, 0.15) is 6.10 Å². The predicted molar refractivity (Wildman–Crippen MR) is 93.3 cm³/mol. The van der Waals surface area contributed by atoms with E-state index in [9.17, 15) is 30.0 Å². The minimum Gasteiger partial charge on any atom is -0.460 e. The normalized spacial score (nSPS) is 23.0. The first-order valence-electron chi connectivity index (χ1n) is 8.43. The molecule has 2 aliphatic rings. The molecular formula is C14H24O9S3. The smallest absolute Gasteiger partial charge is 0.343 e. The molecule has 2 saturated carbocycles. The van der Waals surface area contributed by atoms with Gasteiger partial charge in [-0.2, -0.15) is 8.42 Å². The Labute approximate surface area is 154 Å². The molecule has 0 amide bonds. The zero-order chi connectivity index (χ0) is 19.8. The van der Waals surface area contributed by atoms with Crippen LogP contribution >= 0.6 is 0 Å². The van der Waals surface area contributed by atoms with Gasteiger partial charge >= 0.3 is 5.97 Å². The Balaban J connectivity index is 2.51. The monoisotopic (exact) mass is 432 g/mol. The maximum atomic E-state index is 13.0. The van der Waals surface area contributed by atoms with Crippen LogP contribution in [-0.4, -0.2) is 56.3 Å². The van der Waals surface area contributed by atoms with Gasteiger partial charge in [0.2, 0.25) is 0 Å². The van der Waals surface area contributed by atoms with Crippen molar-refractivity contribution in [2.45, 2.75) is 73.7 Å². The molecule has 12 heteroatoms. The first kappa shape index (κ1) is 21.6. The Morgan fingerprint density at radius 3 is 1.88 bits per heavy atom. The third-order valence-corrected chi connectivity index (χ3v) is 13.0. The Bertz CT molecular complexity index is 845. The number of hydrogen-bond acceptors (Lipinski definition) is 8. The topological polar surface area (TPSA) is 149 Å². The van der Waals surface area contributed by atoms with Crippen LogP contribution in [0, 0.1) is 0 Å². The lowest BCUT2D eigenvalue weighted by atomic mass is 10.3. The lowest BCUT2D eigenvalue weighted by Crippen LogP contribution is -2.56. The van der Waals surface area contributed by atoms with Gasteiger partial charge < -0.3 is 4.74 Å². The summed E-state index contributed by atoms with van der Waals surface area (Å²) in [6, 6.07) is 0. The molecule has 1 atom stereocenters. The Hall–Kier alpha value is -0.720. The summed E-state index contributed by atoms with van der Waals surface area (Å²) >= 11 is 0. The van der Waals surface area contributed by atoms with Crippen LogP contribution in [0.4, 0.5) is 0 Å². The number of carbonyl (C=O) groups excluding carboxylic acids is 1. The maximum Gasteiger partial charge on any atom is 0.343 e. The second-order valence-electron chi connectivity index (χ2n) is 7.02. The summed E-state index contributed by atoms with van der Waals surface area (Å²) in [5.74, 6) is -1.49. The Morgan fingerprint density at radius 2 is 1.42 bits per heavy atom. The second kappa shape index (κ2) is 7.36. The van der Waals surface area contributed by atoms with Crippen molar-refractivity contribution in [3.63, 3.8) is 0 Å². The van der Waals surface area contributed by atoms with Crippen molar-refractivity contribution in [3.8, 4) is 0 Å². The molecule has 26 heavy (non-hydrogen) atoms. The average Bonchev–Trinajstić information content (AvgIpc) is 3.16. The van der Waals surface area contributed by atoms with Crippen LogP contribution in [0.2, 0.25) is 0 Å². The van der Waals surface area contributed by atoms with E-state index in [1.54, 1.807) is 0 Å². The SMILES string of the molecule is CC(C(=O)OC1CCCC1)(S(=O)(=O)CS(=O)(=O)O)S(=O)(=O)C1CCCC1. The van der Waals surface area contributed by atoms with Crippen LogP contribution < -0.4 is 0 Å². The lowest BCUT2D eigenvalue weighted by molar-refractivity contribution is -0.149. The molecule has 2 rings (SSSR count). The van der Waals surface area contributed by atoms with E-state index in [4.69, 9.17) is 9.29 Å². The fourth-order valence-corrected chi connectivity index (χ4v) is 10.4. The molecular weight excluding hydrogens is 408 g/mol. The number of rotatable bonds is 7.